The Morgan fingerprint density at radius 1 is 1.56 bits per heavy atom. The number of aliphatic hydroxyl groups is 1. The van der Waals surface area contributed by atoms with Crippen LogP contribution in [0.25, 0.3) is 10.7 Å². The van der Waals surface area contributed by atoms with E-state index in [-0.39, 0.29) is 12.6 Å². The van der Waals surface area contributed by atoms with Crippen molar-refractivity contribution in [1.82, 2.24) is 15.0 Å². The predicted molar refractivity (Wildman–Crippen MR) is 68.1 cm³/mol. The van der Waals surface area contributed by atoms with Crippen molar-refractivity contribution < 1.29 is 9.63 Å². The minimum absolute atomic E-state index is 0.200. The number of hydrogen-bond donors (Lipinski definition) is 1. The summed E-state index contributed by atoms with van der Waals surface area (Å²) in [5.74, 6) is 1.28. The smallest absolute Gasteiger partial charge is 0.241 e. The summed E-state index contributed by atoms with van der Waals surface area (Å²) in [7, 11) is 0. The van der Waals surface area contributed by atoms with Crippen molar-refractivity contribution in [1.29, 1.82) is 0 Å². The maximum atomic E-state index is 9.26. The van der Waals surface area contributed by atoms with Crippen LogP contribution in [-0.2, 0) is 6.54 Å². The highest BCUT2D eigenvalue weighted by atomic mass is 32.1. The van der Waals surface area contributed by atoms with Gasteiger partial charge in [-0.2, -0.15) is 4.98 Å². The number of thiophene rings is 1. The fourth-order valence-electron chi connectivity index (χ4n) is 2.31. The van der Waals surface area contributed by atoms with Gasteiger partial charge < -0.3 is 9.63 Å². The van der Waals surface area contributed by atoms with E-state index >= 15 is 0 Å². The van der Waals surface area contributed by atoms with Gasteiger partial charge in [0.1, 0.15) is 0 Å². The largest absolute Gasteiger partial charge is 0.395 e. The normalized spacial score (nSPS) is 20.6. The van der Waals surface area contributed by atoms with Gasteiger partial charge in [-0.3, -0.25) is 4.90 Å². The predicted octanol–water partition coefficient (Wildman–Crippen LogP) is 1.75. The van der Waals surface area contributed by atoms with E-state index in [9.17, 15) is 5.11 Å². The van der Waals surface area contributed by atoms with Gasteiger partial charge in [-0.1, -0.05) is 11.2 Å². The lowest BCUT2D eigenvalue weighted by Gasteiger charge is -2.20. The quantitative estimate of drug-likeness (QED) is 0.912. The molecule has 3 rings (SSSR count). The van der Waals surface area contributed by atoms with E-state index < -0.39 is 0 Å². The van der Waals surface area contributed by atoms with E-state index in [4.69, 9.17) is 4.52 Å². The van der Waals surface area contributed by atoms with E-state index in [0.717, 1.165) is 24.3 Å². The van der Waals surface area contributed by atoms with Gasteiger partial charge in [0.2, 0.25) is 11.7 Å². The fourth-order valence-corrected chi connectivity index (χ4v) is 2.96. The molecule has 1 N–H and O–H groups in total. The van der Waals surface area contributed by atoms with Crippen molar-refractivity contribution >= 4 is 11.3 Å². The standard InChI is InChI=1S/C12H15N3O2S/c16-8-9-3-1-5-15(9)7-11-13-12(14-17-11)10-4-2-6-18-10/h2,4,6,9,16H,1,3,5,7-8H2/t9-/m0/s1. The topological polar surface area (TPSA) is 62.4 Å². The Morgan fingerprint density at radius 3 is 3.28 bits per heavy atom. The second kappa shape index (κ2) is 5.17. The molecule has 6 heteroatoms. The van der Waals surface area contributed by atoms with Crippen LogP contribution in [0, 0.1) is 0 Å². The van der Waals surface area contributed by atoms with Crippen LogP contribution in [0.3, 0.4) is 0 Å². The highest BCUT2D eigenvalue weighted by molar-refractivity contribution is 7.13. The van der Waals surface area contributed by atoms with Crippen molar-refractivity contribution in [3.63, 3.8) is 0 Å². The highest BCUT2D eigenvalue weighted by Crippen LogP contribution is 2.23. The van der Waals surface area contributed by atoms with E-state index in [2.05, 4.69) is 15.0 Å². The maximum Gasteiger partial charge on any atom is 0.241 e. The molecule has 0 amide bonds. The molecule has 1 saturated heterocycles. The van der Waals surface area contributed by atoms with Crippen LogP contribution in [-0.4, -0.2) is 39.3 Å². The molecule has 3 heterocycles. The van der Waals surface area contributed by atoms with Crippen molar-refractivity contribution in [2.75, 3.05) is 13.2 Å². The molecule has 1 fully saturated rings. The second-order valence-electron chi connectivity index (χ2n) is 4.44. The third-order valence-electron chi connectivity index (χ3n) is 3.26. The summed E-state index contributed by atoms with van der Waals surface area (Å²) in [6, 6.07) is 4.19. The number of hydrogen-bond acceptors (Lipinski definition) is 6. The molecule has 1 aliphatic heterocycles. The Kier molecular flexibility index (Phi) is 3.40. The molecule has 0 radical (unpaired) electrons. The van der Waals surface area contributed by atoms with E-state index in [0.29, 0.717) is 18.3 Å². The van der Waals surface area contributed by atoms with E-state index in [1.807, 2.05) is 17.5 Å². The van der Waals surface area contributed by atoms with Gasteiger partial charge in [0.15, 0.2) is 0 Å². The highest BCUT2D eigenvalue weighted by Gasteiger charge is 2.25. The molecule has 1 aliphatic rings. The van der Waals surface area contributed by atoms with E-state index in [1.54, 1.807) is 11.3 Å². The molecule has 0 spiro atoms. The summed E-state index contributed by atoms with van der Waals surface area (Å²) in [5, 5.41) is 15.2. The van der Waals surface area contributed by atoms with Crippen LogP contribution >= 0.6 is 11.3 Å². The Labute approximate surface area is 109 Å². The number of likely N-dealkylation sites (tertiary alicyclic amines) is 1. The Hall–Kier alpha value is -1.24. The van der Waals surface area contributed by atoms with Crippen molar-refractivity contribution in [2.24, 2.45) is 0 Å². The van der Waals surface area contributed by atoms with Gasteiger partial charge in [0.25, 0.3) is 0 Å². The lowest BCUT2D eigenvalue weighted by molar-refractivity contribution is 0.141. The van der Waals surface area contributed by atoms with Crippen molar-refractivity contribution in [3.8, 4) is 10.7 Å². The first-order valence-electron chi connectivity index (χ1n) is 6.08. The summed E-state index contributed by atoms with van der Waals surface area (Å²) < 4.78 is 5.27. The van der Waals surface area contributed by atoms with Gasteiger partial charge in [0, 0.05) is 6.04 Å². The van der Waals surface area contributed by atoms with Crippen molar-refractivity contribution in [3.05, 3.63) is 23.4 Å². The fraction of sp³-hybridized carbons (Fsp3) is 0.500. The SMILES string of the molecule is OC[C@@H]1CCCN1Cc1nc(-c2cccs2)no1. The Morgan fingerprint density at radius 2 is 2.50 bits per heavy atom. The molecule has 0 unspecified atom stereocenters. The third-order valence-corrected chi connectivity index (χ3v) is 4.12. The second-order valence-corrected chi connectivity index (χ2v) is 5.39. The number of aliphatic hydroxyl groups excluding tert-OH is 1. The monoisotopic (exact) mass is 265 g/mol. The maximum absolute atomic E-state index is 9.26. The van der Waals surface area contributed by atoms with Gasteiger partial charge >= 0.3 is 0 Å². The van der Waals surface area contributed by atoms with Gasteiger partial charge in [-0.05, 0) is 30.8 Å². The Balaban J connectivity index is 1.70. The average Bonchev–Trinajstić information content (AvgIpc) is 3.10. The summed E-state index contributed by atoms with van der Waals surface area (Å²) >= 11 is 1.60. The first-order chi connectivity index (χ1) is 8.86. The summed E-state index contributed by atoms with van der Waals surface area (Å²) in [6.45, 7) is 1.82. The molecule has 0 bridgehead atoms. The molecule has 2 aromatic heterocycles. The molecule has 96 valence electrons. The molecule has 0 aromatic carbocycles. The zero-order valence-corrected chi connectivity index (χ0v) is 10.8. The van der Waals surface area contributed by atoms with Crippen molar-refractivity contribution in [2.45, 2.75) is 25.4 Å². The molecule has 0 aliphatic carbocycles. The molecular formula is C12H15N3O2S. The van der Waals surface area contributed by atoms with Crippen LogP contribution in [0.1, 0.15) is 18.7 Å². The van der Waals surface area contributed by atoms with Crippen LogP contribution in [0.5, 0.6) is 0 Å². The minimum atomic E-state index is 0.200. The molecule has 1 atom stereocenters. The zero-order chi connectivity index (χ0) is 12.4. The molecular weight excluding hydrogens is 250 g/mol. The number of rotatable bonds is 4. The summed E-state index contributed by atoms with van der Waals surface area (Å²) in [5.41, 5.74) is 0. The lowest BCUT2D eigenvalue weighted by Crippen LogP contribution is -2.31. The molecule has 0 saturated carbocycles. The van der Waals surface area contributed by atoms with Gasteiger partial charge in [-0.15, -0.1) is 11.3 Å². The lowest BCUT2D eigenvalue weighted by atomic mass is 10.2. The summed E-state index contributed by atoms with van der Waals surface area (Å²) in [6.07, 6.45) is 2.17. The molecule has 5 nitrogen and oxygen atoms in total. The third kappa shape index (κ3) is 2.31. The number of nitrogens with zero attached hydrogens (tertiary/aromatic N) is 3. The van der Waals surface area contributed by atoms with Crippen LogP contribution in [0.15, 0.2) is 22.0 Å². The van der Waals surface area contributed by atoms with Crippen LogP contribution in [0.2, 0.25) is 0 Å². The summed E-state index contributed by atoms with van der Waals surface area (Å²) in [4.78, 5) is 7.61. The Bertz CT molecular complexity index is 497. The van der Waals surface area contributed by atoms with Gasteiger partial charge in [-0.25, -0.2) is 0 Å². The first kappa shape index (κ1) is 11.8. The molecule has 2 aromatic rings. The first-order valence-corrected chi connectivity index (χ1v) is 6.96. The van der Waals surface area contributed by atoms with E-state index in [1.165, 1.54) is 0 Å². The van der Waals surface area contributed by atoms with Crippen LogP contribution in [0.4, 0.5) is 0 Å². The zero-order valence-electron chi connectivity index (χ0n) is 9.95. The average molecular weight is 265 g/mol. The van der Waals surface area contributed by atoms with Crippen LogP contribution < -0.4 is 0 Å². The minimum Gasteiger partial charge on any atom is -0.395 e. The van der Waals surface area contributed by atoms with Gasteiger partial charge in [0.05, 0.1) is 18.0 Å². The number of aromatic nitrogens is 2. The molecule has 18 heavy (non-hydrogen) atoms.